The molecular weight excluding hydrogens is 238 g/mol. The van der Waals surface area contributed by atoms with Gasteiger partial charge in [-0.25, -0.2) is 0 Å². The highest BCUT2D eigenvalue weighted by molar-refractivity contribution is 5.78. The molecule has 0 aromatic heterocycles. The largest absolute Gasteiger partial charge is 0.342 e. The predicted molar refractivity (Wildman–Crippen MR) is 80.0 cm³/mol. The maximum atomic E-state index is 12.4. The first-order chi connectivity index (χ1) is 9.22. The van der Waals surface area contributed by atoms with E-state index in [1.54, 1.807) is 0 Å². The third kappa shape index (κ3) is 5.49. The molecular formula is C15H31N3O. The van der Waals surface area contributed by atoms with Crippen LogP contribution in [0.4, 0.5) is 0 Å². The molecule has 1 rings (SSSR count). The number of nitrogens with zero attached hydrogens (tertiary/aromatic N) is 2. The molecule has 0 aliphatic carbocycles. The van der Waals surface area contributed by atoms with Crippen molar-refractivity contribution in [3.05, 3.63) is 0 Å². The molecule has 1 heterocycles. The van der Waals surface area contributed by atoms with Crippen molar-refractivity contribution in [2.75, 3.05) is 32.7 Å². The van der Waals surface area contributed by atoms with Crippen LogP contribution in [-0.2, 0) is 4.79 Å². The van der Waals surface area contributed by atoms with E-state index in [1.165, 1.54) is 12.8 Å². The normalized spacial score (nSPS) is 17.0. The first kappa shape index (κ1) is 16.4. The Bertz CT molecular complexity index is 246. The number of carbonyl (C=O) groups excluding carboxylic acids is 1. The summed E-state index contributed by atoms with van der Waals surface area (Å²) >= 11 is 0. The average Bonchev–Trinajstić information content (AvgIpc) is 2.69. The molecule has 0 unspecified atom stereocenters. The van der Waals surface area contributed by atoms with Gasteiger partial charge in [0.1, 0.15) is 0 Å². The molecule has 2 N–H and O–H groups in total. The summed E-state index contributed by atoms with van der Waals surface area (Å²) in [6, 6.07) is 0.486. The van der Waals surface area contributed by atoms with Gasteiger partial charge >= 0.3 is 0 Å². The molecule has 1 aliphatic heterocycles. The maximum absolute atomic E-state index is 12.4. The molecule has 0 saturated carbocycles. The van der Waals surface area contributed by atoms with E-state index in [0.29, 0.717) is 25.0 Å². The molecule has 0 aromatic rings. The van der Waals surface area contributed by atoms with Crippen LogP contribution in [0.2, 0.25) is 0 Å². The lowest BCUT2D eigenvalue weighted by Crippen LogP contribution is -2.46. The van der Waals surface area contributed by atoms with Gasteiger partial charge < -0.3 is 10.6 Å². The lowest BCUT2D eigenvalue weighted by atomic mass is 10.1. The fraction of sp³-hybridized carbons (Fsp3) is 0.933. The van der Waals surface area contributed by atoms with Gasteiger partial charge in [-0.1, -0.05) is 26.7 Å². The highest BCUT2D eigenvalue weighted by Gasteiger charge is 2.21. The van der Waals surface area contributed by atoms with Crippen LogP contribution in [0.15, 0.2) is 0 Å². The van der Waals surface area contributed by atoms with Crippen LogP contribution in [0, 0.1) is 0 Å². The smallest absolute Gasteiger partial charge is 0.236 e. The van der Waals surface area contributed by atoms with Crippen molar-refractivity contribution in [2.45, 2.75) is 58.4 Å². The summed E-state index contributed by atoms with van der Waals surface area (Å²) in [6.07, 6.45) is 7.03. The second kappa shape index (κ2) is 9.32. The van der Waals surface area contributed by atoms with Crippen LogP contribution in [0.5, 0.6) is 0 Å². The topological polar surface area (TPSA) is 49.6 Å². The molecule has 19 heavy (non-hydrogen) atoms. The molecule has 0 radical (unpaired) electrons. The average molecular weight is 269 g/mol. The molecule has 1 fully saturated rings. The lowest BCUT2D eigenvalue weighted by molar-refractivity contribution is -0.133. The SMILES string of the molecule is CCC(CC)N(CCN)CC(=O)N1CCCCCC1. The number of carbonyl (C=O) groups is 1. The summed E-state index contributed by atoms with van der Waals surface area (Å²) < 4.78 is 0. The van der Waals surface area contributed by atoms with Gasteiger partial charge in [0.2, 0.25) is 5.91 Å². The molecule has 1 saturated heterocycles. The summed E-state index contributed by atoms with van der Waals surface area (Å²) in [6.45, 7) is 8.26. The molecule has 4 nitrogen and oxygen atoms in total. The van der Waals surface area contributed by atoms with Crippen molar-refractivity contribution in [2.24, 2.45) is 5.73 Å². The Morgan fingerprint density at radius 1 is 1.16 bits per heavy atom. The van der Waals surface area contributed by atoms with Crippen LogP contribution in [0.1, 0.15) is 52.4 Å². The second-order valence-corrected chi connectivity index (χ2v) is 5.52. The molecule has 0 spiro atoms. The van der Waals surface area contributed by atoms with E-state index < -0.39 is 0 Å². The minimum atomic E-state index is 0.294. The Labute approximate surface area is 118 Å². The van der Waals surface area contributed by atoms with Gasteiger partial charge in [0.15, 0.2) is 0 Å². The van der Waals surface area contributed by atoms with Gasteiger partial charge in [-0.05, 0) is 25.7 Å². The first-order valence-corrected chi connectivity index (χ1v) is 7.94. The predicted octanol–water partition coefficient (Wildman–Crippen LogP) is 1.84. The summed E-state index contributed by atoms with van der Waals surface area (Å²) in [4.78, 5) is 16.7. The Balaban J connectivity index is 2.53. The van der Waals surface area contributed by atoms with Crippen molar-refractivity contribution in [1.29, 1.82) is 0 Å². The van der Waals surface area contributed by atoms with Crippen LogP contribution in [0.3, 0.4) is 0 Å². The Kier molecular flexibility index (Phi) is 8.07. The fourth-order valence-corrected chi connectivity index (χ4v) is 2.96. The van der Waals surface area contributed by atoms with E-state index in [9.17, 15) is 4.79 Å². The molecule has 4 heteroatoms. The van der Waals surface area contributed by atoms with Crippen LogP contribution < -0.4 is 5.73 Å². The van der Waals surface area contributed by atoms with Gasteiger partial charge in [0.25, 0.3) is 0 Å². The number of likely N-dealkylation sites (tertiary alicyclic amines) is 1. The van der Waals surface area contributed by atoms with E-state index in [4.69, 9.17) is 5.73 Å². The molecule has 0 atom stereocenters. The minimum absolute atomic E-state index is 0.294. The van der Waals surface area contributed by atoms with Crippen molar-refractivity contribution in [1.82, 2.24) is 9.80 Å². The number of rotatable bonds is 7. The van der Waals surface area contributed by atoms with E-state index in [-0.39, 0.29) is 0 Å². The quantitative estimate of drug-likeness (QED) is 0.767. The summed E-state index contributed by atoms with van der Waals surface area (Å²) in [5, 5.41) is 0. The van der Waals surface area contributed by atoms with Gasteiger partial charge in [0.05, 0.1) is 6.54 Å². The Morgan fingerprint density at radius 2 is 1.74 bits per heavy atom. The second-order valence-electron chi connectivity index (χ2n) is 5.52. The van der Waals surface area contributed by atoms with Crippen molar-refractivity contribution in [3.8, 4) is 0 Å². The highest BCUT2D eigenvalue weighted by Crippen LogP contribution is 2.12. The molecule has 112 valence electrons. The van der Waals surface area contributed by atoms with E-state index in [1.807, 2.05) is 0 Å². The summed E-state index contributed by atoms with van der Waals surface area (Å²) in [7, 11) is 0. The Hall–Kier alpha value is -0.610. The zero-order chi connectivity index (χ0) is 14.1. The van der Waals surface area contributed by atoms with Crippen molar-refractivity contribution < 1.29 is 4.79 Å². The van der Waals surface area contributed by atoms with Crippen molar-refractivity contribution in [3.63, 3.8) is 0 Å². The third-order valence-corrected chi connectivity index (χ3v) is 4.17. The summed E-state index contributed by atoms with van der Waals surface area (Å²) in [5.74, 6) is 0.294. The van der Waals surface area contributed by atoms with Crippen LogP contribution in [-0.4, -0.2) is 54.5 Å². The zero-order valence-corrected chi connectivity index (χ0v) is 12.7. The van der Waals surface area contributed by atoms with Crippen LogP contribution in [0.25, 0.3) is 0 Å². The van der Waals surface area contributed by atoms with Crippen LogP contribution >= 0.6 is 0 Å². The van der Waals surface area contributed by atoms with Gasteiger partial charge in [-0.15, -0.1) is 0 Å². The van der Waals surface area contributed by atoms with Crippen molar-refractivity contribution >= 4 is 5.91 Å². The third-order valence-electron chi connectivity index (χ3n) is 4.17. The number of amides is 1. The van der Waals surface area contributed by atoms with Gasteiger partial charge in [-0.2, -0.15) is 0 Å². The number of hydrogen-bond donors (Lipinski definition) is 1. The zero-order valence-electron chi connectivity index (χ0n) is 12.7. The van der Waals surface area contributed by atoms with E-state index >= 15 is 0 Å². The Morgan fingerprint density at radius 3 is 2.21 bits per heavy atom. The van der Waals surface area contributed by atoms with Gasteiger partial charge in [0, 0.05) is 32.2 Å². The first-order valence-electron chi connectivity index (χ1n) is 7.94. The lowest BCUT2D eigenvalue weighted by Gasteiger charge is -2.31. The molecule has 1 amide bonds. The summed E-state index contributed by atoms with van der Waals surface area (Å²) in [5.41, 5.74) is 5.69. The molecule has 0 aromatic carbocycles. The van der Waals surface area contributed by atoms with E-state index in [2.05, 4.69) is 23.6 Å². The standard InChI is InChI=1S/C15H31N3O/c1-3-14(4-2)18(12-9-16)13-15(19)17-10-7-5-6-8-11-17/h14H,3-13,16H2,1-2H3. The molecule has 0 bridgehead atoms. The monoisotopic (exact) mass is 269 g/mol. The number of nitrogens with two attached hydrogens (primary N) is 1. The highest BCUT2D eigenvalue weighted by atomic mass is 16.2. The maximum Gasteiger partial charge on any atom is 0.236 e. The van der Waals surface area contributed by atoms with E-state index in [0.717, 1.165) is 45.3 Å². The molecule has 1 aliphatic rings. The fourth-order valence-electron chi connectivity index (χ4n) is 2.96. The minimum Gasteiger partial charge on any atom is -0.342 e. The number of hydrogen-bond acceptors (Lipinski definition) is 3. The van der Waals surface area contributed by atoms with Gasteiger partial charge in [-0.3, -0.25) is 9.69 Å².